The summed E-state index contributed by atoms with van der Waals surface area (Å²) in [6.45, 7) is 3.41. The Morgan fingerprint density at radius 2 is 1.86 bits per heavy atom. The number of carbonyl (C=O) groups is 4. The van der Waals surface area contributed by atoms with Crippen LogP contribution in [-0.4, -0.2) is 59.1 Å². The maximum Gasteiger partial charge on any atom is 0.262 e. The fourth-order valence-electron chi connectivity index (χ4n) is 5.19. The minimum atomic E-state index is -0.929. The number of likely N-dealkylation sites (tertiary alicyclic amines) is 1. The first-order valence-corrected chi connectivity index (χ1v) is 10.2. The molecule has 5 rings (SSSR count). The summed E-state index contributed by atoms with van der Waals surface area (Å²) in [5, 5.41) is 2.22. The number of hydrogen-bond donors (Lipinski definition) is 2. The zero-order chi connectivity index (χ0) is 20.3. The molecular weight excluding hydrogens is 372 g/mol. The lowest BCUT2D eigenvalue weighted by molar-refractivity contribution is -0.136. The van der Waals surface area contributed by atoms with Crippen molar-refractivity contribution in [3.05, 3.63) is 34.9 Å². The monoisotopic (exact) mass is 396 g/mol. The van der Waals surface area contributed by atoms with Gasteiger partial charge in [-0.05, 0) is 54.8 Å². The van der Waals surface area contributed by atoms with Crippen molar-refractivity contribution in [2.24, 2.45) is 17.1 Å². The number of nitrogens with zero attached hydrogens (tertiary/aromatic N) is 2. The summed E-state index contributed by atoms with van der Waals surface area (Å²) in [6, 6.07) is 4.41. The number of fused-ring (bicyclic) bond motifs is 1. The van der Waals surface area contributed by atoms with Crippen molar-refractivity contribution in [2.45, 2.75) is 38.3 Å². The Morgan fingerprint density at radius 3 is 2.52 bits per heavy atom. The SMILES string of the molecule is NCC1CN(Cc2ccc3c(c2)C(=O)N(C2CCC(=O)NC2=O)C3=O)CC12CC2. The zero-order valence-corrected chi connectivity index (χ0v) is 16.1. The average Bonchev–Trinajstić information content (AvgIpc) is 3.31. The molecule has 2 saturated heterocycles. The second-order valence-electron chi connectivity index (χ2n) is 8.79. The van der Waals surface area contributed by atoms with Crippen LogP contribution in [0.1, 0.15) is 52.0 Å². The average molecular weight is 396 g/mol. The highest BCUT2D eigenvalue weighted by molar-refractivity contribution is 6.23. The number of hydrogen-bond acceptors (Lipinski definition) is 6. The Bertz CT molecular complexity index is 939. The van der Waals surface area contributed by atoms with E-state index in [1.165, 1.54) is 12.8 Å². The molecule has 8 heteroatoms. The quantitative estimate of drug-likeness (QED) is 0.706. The first-order valence-electron chi connectivity index (χ1n) is 10.2. The Balaban J connectivity index is 1.35. The van der Waals surface area contributed by atoms with Crippen LogP contribution in [0.4, 0.5) is 0 Å². The van der Waals surface area contributed by atoms with E-state index in [1.807, 2.05) is 6.07 Å². The molecule has 1 aliphatic carbocycles. The van der Waals surface area contributed by atoms with Crippen LogP contribution in [0.15, 0.2) is 18.2 Å². The molecule has 2 unspecified atom stereocenters. The lowest BCUT2D eigenvalue weighted by Crippen LogP contribution is -2.54. The van der Waals surface area contributed by atoms with E-state index >= 15 is 0 Å². The summed E-state index contributed by atoms with van der Waals surface area (Å²) in [6.07, 6.45) is 2.76. The van der Waals surface area contributed by atoms with Crippen LogP contribution >= 0.6 is 0 Å². The number of amides is 4. The molecule has 3 fully saturated rings. The van der Waals surface area contributed by atoms with Crippen molar-refractivity contribution in [1.29, 1.82) is 0 Å². The Kier molecular flexibility index (Phi) is 4.11. The van der Waals surface area contributed by atoms with Crippen molar-refractivity contribution in [2.75, 3.05) is 19.6 Å². The fraction of sp³-hybridized carbons (Fsp3) is 0.524. The predicted octanol–water partition coefficient (Wildman–Crippen LogP) is 0.259. The molecule has 4 amide bonds. The molecule has 0 aromatic heterocycles. The second-order valence-corrected chi connectivity index (χ2v) is 8.79. The lowest BCUT2D eigenvalue weighted by atomic mass is 9.93. The van der Waals surface area contributed by atoms with Gasteiger partial charge in [0.05, 0.1) is 11.1 Å². The van der Waals surface area contributed by atoms with Crippen molar-refractivity contribution in [3.63, 3.8) is 0 Å². The summed E-state index contributed by atoms with van der Waals surface area (Å²) in [5.74, 6) is -1.35. The predicted molar refractivity (Wildman–Crippen MR) is 103 cm³/mol. The summed E-state index contributed by atoms with van der Waals surface area (Å²) in [5.41, 5.74) is 7.98. The number of rotatable bonds is 4. The summed E-state index contributed by atoms with van der Waals surface area (Å²) in [7, 11) is 0. The van der Waals surface area contributed by atoms with Gasteiger partial charge in [-0.2, -0.15) is 0 Å². The fourth-order valence-corrected chi connectivity index (χ4v) is 5.19. The minimum absolute atomic E-state index is 0.119. The van der Waals surface area contributed by atoms with Gasteiger partial charge in [-0.25, -0.2) is 0 Å². The van der Waals surface area contributed by atoms with E-state index in [-0.39, 0.29) is 18.7 Å². The summed E-state index contributed by atoms with van der Waals surface area (Å²) >= 11 is 0. The van der Waals surface area contributed by atoms with Gasteiger partial charge in [-0.15, -0.1) is 0 Å². The molecule has 4 aliphatic rings. The molecule has 1 aromatic carbocycles. The largest absolute Gasteiger partial charge is 0.330 e. The van der Waals surface area contributed by atoms with Crippen LogP contribution in [0.3, 0.4) is 0 Å². The van der Waals surface area contributed by atoms with E-state index in [0.717, 1.165) is 23.6 Å². The Morgan fingerprint density at radius 1 is 1.10 bits per heavy atom. The van der Waals surface area contributed by atoms with Crippen LogP contribution in [-0.2, 0) is 16.1 Å². The smallest absolute Gasteiger partial charge is 0.262 e. The molecule has 2 atom stereocenters. The number of benzene rings is 1. The Hall–Kier alpha value is -2.58. The van der Waals surface area contributed by atoms with Crippen molar-refractivity contribution < 1.29 is 19.2 Å². The molecule has 152 valence electrons. The van der Waals surface area contributed by atoms with Gasteiger partial charge in [0, 0.05) is 26.1 Å². The van der Waals surface area contributed by atoms with Crippen LogP contribution in [0, 0.1) is 11.3 Å². The van der Waals surface area contributed by atoms with Gasteiger partial charge < -0.3 is 5.73 Å². The van der Waals surface area contributed by atoms with Crippen LogP contribution in [0.2, 0.25) is 0 Å². The number of nitrogens with one attached hydrogen (secondary N) is 1. The standard InChI is InChI=1S/C21H24N4O4/c22-8-13-10-24(11-21(13)5-6-21)9-12-1-2-14-15(7-12)20(29)25(19(14)28)16-3-4-17(26)23-18(16)27/h1-2,7,13,16H,3-6,8-11,22H2,(H,23,26,27). The molecule has 8 nitrogen and oxygen atoms in total. The number of imide groups is 2. The zero-order valence-electron chi connectivity index (χ0n) is 16.1. The van der Waals surface area contributed by atoms with Crippen LogP contribution in [0.25, 0.3) is 0 Å². The van der Waals surface area contributed by atoms with Gasteiger partial charge in [0.2, 0.25) is 11.8 Å². The van der Waals surface area contributed by atoms with E-state index in [0.29, 0.717) is 35.5 Å². The first kappa shape index (κ1) is 18.4. The molecule has 3 aliphatic heterocycles. The minimum Gasteiger partial charge on any atom is -0.330 e. The highest BCUT2D eigenvalue weighted by Gasteiger charge is 2.54. The molecular formula is C21H24N4O4. The molecule has 1 saturated carbocycles. The molecule has 3 heterocycles. The maximum atomic E-state index is 12.9. The molecule has 0 radical (unpaired) electrons. The van der Waals surface area contributed by atoms with E-state index in [9.17, 15) is 19.2 Å². The van der Waals surface area contributed by atoms with Crippen molar-refractivity contribution >= 4 is 23.6 Å². The number of carbonyl (C=O) groups excluding carboxylic acids is 4. The normalized spacial score (nSPS) is 28.2. The topological polar surface area (TPSA) is 113 Å². The molecule has 1 spiro atoms. The second kappa shape index (κ2) is 6.47. The molecule has 3 N–H and O–H groups in total. The van der Waals surface area contributed by atoms with Gasteiger partial charge in [-0.3, -0.25) is 34.3 Å². The molecule has 29 heavy (non-hydrogen) atoms. The van der Waals surface area contributed by atoms with Crippen molar-refractivity contribution in [1.82, 2.24) is 15.1 Å². The first-order chi connectivity index (χ1) is 13.9. The van der Waals surface area contributed by atoms with E-state index in [2.05, 4.69) is 10.2 Å². The lowest BCUT2D eigenvalue weighted by Gasteiger charge is -2.27. The van der Waals surface area contributed by atoms with Gasteiger partial charge in [0.1, 0.15) is 6.04 Å². The van der Waals surface area contributed by atoms with E-state index in [4.69, 9.17) is 5.73 Å². The number of piperidine rings is 1. The third-order valence-electron chi connectivity index (χ3n) is 6.97. The summed E-state index contributed by atoms with van der Waals surface area (Å²) in [4.78, 5) is 52.7. The van der Waals surface area contributed by atoms with E-state index in [1.54, 1.807) is 12.1 Å². The van der Waals surface area contributed by atoms with Gasteiger partial charge >= 0.3 is 0 Å². The van der Waals surface area contributed by atoms with Crippen LogP contribution < -0.4 is 11.1 Å². The highest BCUT2D eigenvalue weighted by atomic mass is 16.2. The van der Waals surface area contributed by atoms with Crippen molar-refractivity contribution in [3.8, 4) is 0 Å². The molecule has 1 aromatic rings. The van der Waals surface area contributed by atoms with Gasteiger partial charge in [-0.1, -0.05) is 6.07 Å². The molecule has 0 bridgehead atoms. The third kappa shape index (κ3) is 2.89. The van der Waals surface area contributed by atoms with Crippen LogP contribution in [0.5, 0.6) is 0 Å². The van der Waals surface area contributed by atoms with Gasteiger partial charge in [0.15, 0.2) is 0 Å². The Labute approximate surface area is 168 Å². The highest BCUT2D eigenvalue weighted by Crippen LogP contribution is 2.56. The van der Waals surface area contributed by atoms with E-state index < -0.39 is 23.8 Å². The number of nitrogens with two attached hydrogens (primary N) is 1. The summed E-state index contributed by atoms with van der Waals surface area (Å²) < 4.78 is 0. The van der Waals surface area contributed by atoms with Gasteiger partial charge in [0.25, 0.3) is 11.8 Å². The maximum absolute atomic E-state index is 12.9. The third-order valence-corrected chi connectivity index (χ3v) is 6.97.